The van der Waals surface area contributed by atoms with Crippen molar-refractivity contribution >= 4 is 26.0 Å². The maximum atomic E-state index is 5.42. The molecule has 0 aliphatic rings. The van der Waals surface area contributed by atoms with Gasteiger partial charge in [-0.15, -0.1) is 0 Å². The van der Waals surface area contributed by atoms with Gasteiger partial charge in [0.05, 0.1) is 0 Å². The summed E-state index contributed by atoms with van der Waals surface area (Å²) in [4.78, 5) is 2.41. The van der Waals surface area contributed by atoms with Crippen LogP contribution in [-0.2, 0) is 18.5 Å². The second-order valence-electron chi connectivity index (χ2n) is 4.46. The first-order valence-corrected chi connectivity index (χ1v) is 10.5. The van der Waals surface area contributed by atoms with Gasteiger partial charge in [0.25, 0.3) is 0 Å². The molecule has 1 nitrogen and oxygen atoms in total. The summed E-state index contributed by atoms with van der Waals surface area (Å²) < 4.78 is 1.09. The predicted molar refractivity (Wildman–Crippen MR) is 80.0 cm³/mol. The topological polar surface area (TPSA) is 3.24 Å². The fourth-order valence-corrected chi connectivity index (χ4v) is 3.05. The SMILES string of the molecule is CCCCCCN(CCCCCC)C(=S)[S][Mo]. The molecule has 0 saturated carbocycles. The first-order chi connectivity index (χ1) is 8.26. The molecule has 0 aromatic rings. The third kappa shape index (κ3) is 10.5. The third-order valence-electron chi connectivity index (χ3n) is 2.89. The van der Waals surface area contributed by atoms with E-state index in [0.717, 1.165) is 17.4 Å². The van der Waals surface area contributed by atoms with Crippen LogP contribution in [0.25, 0.3) is 0 Å². The Labute approximate surface area is 127 Å². The van der Waals surface area contributed by atoms with E-state index in [-0.39, 0.29) is 0 Å². The molecule has 0 atom stereocenters. The van der Waals surface area contributed by atoms with Crippen molar-refractivity contribution in [1.82, 2.24) is 4.90 Å². The molecule has 0 heterocycles. The van der Waals surface area contributed by atoms with Gasteiger partial charge in [-0.2, -0.15) is 0 Å². The third-order valence-corrected chi connectivity index (χ3v) is 5.81. The zero-order chi connectivity index (χ0) is 12.9. The molecular weight excluding hydrogens is 330 g/mol. The Bertz CT molecular complexity index is 176. The van der Waals surface area contributed by atoms with Crippen LogP contribution in [0.15, 0.2) is 0 Å². The summed E-state index contributed by atoms with van der Waals surface area (Å²) >= 11 is 7.45. The monoisotopic (exact) mass is 358 g/mol. The van der Waals surface area contributed by atoms with E-state index in [9.17, 15) is 0 Å². The van der Waals surface area contributed by atoms with Gasteiger partial charge in [0, 0.05) is 0 Å². The zero-order valence-electron chi connectivity index (χ0n) is 11.2. The summed E-state index contributed by atoms with van der Waals surface area (Å²) in [5, 5.41) is 0. The number of rotatable bonds is 10. The van der Waals surface area contributed by atoms with Crippen molar-refractivity contribution in [2.45, 2.75) is 65.2 Å². The fraction of sp³-hybridized carbons (Fsp3) is 0.923. The van der Waals surface area contributed by atoms with Crippen LogP contribution in [0.3, 0.4) is 0 Å². The number of unbranched alkanes of at least 4 members (excludes halogenated alkanes) is 6. The van der Waals surface area contributed by atoms with Crippen LogP contribution in [0.4, 0.5) is 0 Å². The van der Waals surface area contributed by atoms with Gasteiger partial charge in [0.2, 0.25) is 0 Å². The second kappa shape index (κ2) is 13.4. The van der Waals surface area contributed by atoms with Gasteiger partial charge in [-0.25, -0.2) is 0 Å². The van der Waals surface area contributed by atoms with Gasteiger partial charge in [-0.3, -0.25) is 0 Å². The Hall–Kier alpha value is 0.928. The number of hydrogen-bond donors (Lipinski definition) is 0. The molecule has 0 spiro atoms. The second-order valence-corrected chi connectivity index (χ2v) is 6.89. The molecule has 0 aromatic heterocycles. The molecule has 4 heteroatoms. The molecule has 0 rings (SSSR count). The molecular formula is C13H26MoNS2. The van der Waals surface area contributed by atoms with Crippen LogP contribution in [0.5, 0.6) is 0 Å². The number of nitrogens with zero attached hydrogens (tertiary/aromatic N) is 1. The molecule has 17 heavy (non-hydrogen) atoms. The first-order valence-electron chi connectivity index (χ1n) is 6.85. The van der Waals surface area contributed by atoms with E-state index in [1.807, 2.05) is 18.5 Å². The van der Waals surface area contributed by atoms with Gasteiger partial charge < -0.3 is 0 Å². The Morgan fingerprint density at radius 1 is 0.941 bits per heavy atom. The molecule has 0 bridgehead atoms. The summed E-state index contributed by atoms with van der Waals surface area (Å²) in [7, 11) is 1.73. The van der Waals surface area contributed by atoms with Crippen molar-refractivity contribution < 1.29 is 18.5 Å². The van der Waals surface area contributed by atoms with Crippen molar-refractivity contribution in [2.24, 2.45) is 0 Å². The van der Waals surface area contributed by atoms with Gasteiger partial charge in [0.1, 0.15) is 0 Å². The molecule has 0 radical (unpaired) electrons. The summed E-state index contributed by atoms with van der Waals surface area (Å²) in [6, 6.07) is 0. The van der Waals surface area contributed by atoms with Crippen molar-refractivity contribution in [3.8, 4) is 0 Å². The Morgan fingerprint density at radius 3 is 1.76 bits per heavy atom. The summed E-state index contributed by atoms with van der Waals surface area (Å²) in [6.07, 6.45) is 10.6. The first kappa shape index (κ1) is 17.9. The molecule has 0 aromatic carbocycles. The summed E-state index contributed by atoms with van der Waals surface area (Å²) in [5.41, 5.74) is 0. The molecule has 101 valence electrons. The average molecular weight is 356 g/mol. The average Bonchev–Trinajstić information content (AvgIpc) is 2.36. The minimum absolute atomic E-state index is 1.09. The van der Waals surface area contributed by atoms with Gasteiger partial charge >= 0.3 is 128 Å². The van der Waals surface area contributed by atoms with Gasteiger partial charge in [-0.1, -0.05) is 0 Å². The van der Waals surface area contributed by atoms with Crippen LogP contribution in [0.1, 0.15) is 65.2 Å². The molecule has 0 aliphatic heterocycles. The maximum absolute atomic E-state index is 5.42. The van der Waals surface area contributed by atoms with Crippen molar-refractivity contribution in [2.75, 3.05) is 13.1 Å². The summed E-state index contributed by atoms with van der Waals surface area (Å²) in [6.45, 7) is 6.84. The standard InChI is InChI=1S/C13H27NS2.Mo/c1-3-5-7-9-11-14(13(15)16)12-10-8-6-4-2;/h3-12H2,1-2H3,(H,15,16);/q;+1/p-1. The van der Waals surface area contributed by atoms with E-state index >= 15 is 0 Å². The minimum atomic E-state index is 1.09. The molecule has 0 unspecified atom stereocenters. The normalized spacial score (nSPS) is 10.5. The van der Waals surface area contributed by atoms with E-state index in [2.05, 4.69) is 18.7 Å². The van der Waals surface area contributed by atoms with Crippen molar-refractivity contribution in [3.05, 3.63) is 0 Å². The van der Waals surface area contributed by atoms with E-state index in [0.29, 0.717) is 0 Å². The fourth-order valence-electron chi connectivity index (χ4n) is 1.81. The van der Waals surface area contributed by atoms with E-state index in [1.54, 1.807) is 9.47 Å². The Balaban J connectivity index is 3.76. The molecule has 0 fully saturated rings. The van der Waals surface area contributed by atoms with Crippen molar-refractivity contribution in [3.63, 3.8) is 0 Å². The van der Waals surface area contributed by atoms with Crippen LogP contribution in [0, 0.1) is 0 Å². The predicted octanol–water partition coefficient (Wildman–Crippen LogP) is 4.93. The zero-order valence-corrected chi connectivity index (χ0v) is 14.9. The van der Waals surface area contributed by atoms with Crippen LogP contribution >= 0.6 is 21.7 Å². The summed E-state index contributed by atoms with van der Waals surface area (Å²) in [5.74, 6) is 0. The molecule has 0 N–H and O–H groups in total. The van der Waals surface area contributed by atoms with Crippen LogP contribution < -0.4 is 0 Å². The number of hydrogen-bond acceptors (Lipinski definition) is 2. The van der Waals surface area contributed by atoms with Crippen molar-refractivity contribution in [1.29, 1.82) is 0 Å². The Morgan fingerprint density at radius 2 is 1.41 bits per heavy atom. The van der Waals surface area contributed by atoms with E-state index < -0.39 is 0 Å². The molecule has 0 amide bonds. The Kier molecular flexibility index (Phi) is 14.1. The quantitative estimate of drug-likeness (QED) is 0.310. The van der Waals surface area contributed by atoms with Crippen LogP contribution in [-0.4, -0.2) is 22.3 Å². The number of thiocarbonyl (C=S) groups is 1. The molecule has 0 aliphatic carbocycles. The van der Waals surface area contributed by atoms with E-state index in [1.165, 1.54) is 51.4 Å². The van der Waals surface area contributed by atoms with Crippen LogP contribution in [0.2, 0.25) is 0 Å². The molecule has 0 saturated heterocycles. The van der Waals surface area contributed by atoms with E-state index in [4.69, 9.17) is 12.2 Å². The van der Waals surface area contributed by atoms with Gasteiger partial charge in [-0.05, 0) is 0 Å². The van der Waals surface area contributed by atoms with Gasteiger partial charge in [0.15, 0.2) is 0 Å².